The Morgan fingerprint density at radius 3 is 2.38 bits per heavy atom. The maximum Gasteiger partial charge on any atom is 0.224 e. The molecule has 1 fully saturated rings. The van der Waals surface area contributed by atoms with Crippen molar-refractivity contribution in [2.45, 2.75) is 33.6 Å². The molecule has 0 spiro atoms. The van der Waals surface area contributed by atoms with Gasteiger partial charge in [0.05, 0.1) is 11.5 Å². The molecule has 1 aliphatic rings. The second-order valence-corrected chi connectivity index (χ2v) is 7.96. The number of rotatable bonds is 8. The van der Waals surface area contributed by atoms with Crippen LogP contribution in [-0.4, -0.2) is 69.4 Å². The highest BCUT2D eigenvalue weighted by Crippen LogP contribution is 2.18. The number of amides is 1. The molecule has 1 heterocycles. The largest absolute Gasteiger partial charge is 0.357 e. The molecule has 1 amide bonds. The van der Waals surface area contributed by atoms with Crippen LogP contribution >= 0.6 is 24.0 Å². The Morgan fingerprint density at radius 2 is 1.88 bits per heavy atom. The minimum absolute atomic E-state index is 0. The van der Waals surface area contributed by atoms with Crippen LogP contribution in [0.5, 0.6) is 0 Å². The lowest BCUT2D eigenvalue weighted by molar-refractivity contribution is -0.130. The van der Waals surface area contributed by atoms with Crippen molar-refractivity contribution in [3.63, 3.8) is 0 Å². The van der Waals surface area contributed by atoms with Gasteiger partial charge in [-0.3, -0.25) is 9.79 Å². The summed E-state index contributed by atoms with van der Waals surface area (Å²) in [6.07, 6.45) is 1.11. The summed E-state index contributed by atoms with van der Waals surface area (Å²) in [7, 11) is -2.86. The van der Waals surface area contributed by atoms with Gasteiger partial charge in [0.2, 0.25) is 5.91 Å². The zero-order chi connectivity index (χ0) is 17.3. The van der Waals surface area contributed by atoms with Gasteiger partial charge in [-0.1, -0.05) is 0 Å². The molecule has 0 bridgehead atoms. The zero-order valence-corrected chi connectivity index (χ0v) is 18.0. The van der Waals surface area contributed by atoms with Gasteiger partial charge in [-0.2, -0.15) is 0 Å². The summed E-state index contributed by atoms with van der Waals surface area (Å²) >= 11 is 0. The molecule has 1 aliphatic heterocycles. The van der Waals surface area contributed by atoms with Gasteiger partial charge in [-0.15, -0.1) is 24.0 Å². The van der Waals surface area contributed by atoms with Crippen molar-refractivity contribution in [1.82, 2.24) is 15.5 Å². The van der Waals surface area contributed by atoms with Crippen LogP contribution in [0.25, 0.3) is 0 Å². The Labute approximate surface area is 163 Å². The fourth-order valence-electron chi connectivity index (χ4n) is 2.60. The summed E-state index contributed by atoms with van der Waals surface area (Å²) in [4.78, 5) is 18.2. The number of guanidine groups is 1. The topological polar surface area (TPSA) is 90.9 Å². The molecule has 1 rings (SSSR count). The highest BCUT2D eigenvalue weighted by Gasteiger charge is 2.27. The molecule has 7 nitrogen and oxygen atoms in total. The number of carbonyl (C=O) groups excluding carboxylic acids is 1. The van der Waals surface area contributed by atoms with Crippen molar-refractivity contribution in [3.8, 4) is 0 Å². The smallest absolute Gasteiger partial charge is 0.224 e. The molecule has 24 heavy (non-hydrogen) atoms. The molecule has 0 aromatic carbocycles. The van der Waals surface area contributed by atoms with Crippen LogP contribution in [0, 0.1) is 5.92 Å². The molecule has 142 valence electrons. The first-order valence-electron chi connectivity index (χ1n) is 8.42. The predicted octanol–water partition coefficient (Wildman–Crippen LogP) is 0.853. The first kappa shape index (κ1) is 23.4. The number of hydrogen-bond donors (Lipinski definition) is 2. The van der Waals surface area contributed by atoms with Gasteiger partial charge in [0.1, 0.15) is 0 Å². The third-order valence-electron chi connectivity index (χ3n) is 3.93. The van der Waals surface area contributed by atoms with E-state index in [1.807, 2.05) is 20.8 Å². The first-order valence-corrected chi connectivity index (χ1v) is 10.2. The van der Waals surface area contributed by atoms with E-state index in [-0.39, 0.29) is 47.3 Å². The monoisotopic (exact) mass is 474 g/mol. The summed E-state index contributed by atoms with van der Waals surface area (Å²) in [5.74, 6) is 1.38. The summed E-state index contributed by atoms with van der Waals surface area (Å²) < 4.78 is 22.9. The molecular formula is C15H31IN4O3S. The standard InChI is InChI=1S/C15H30N4O3S.HI/c1-4-16-15(17-9-7-14(20)19(5-2)6-3)18-11-13-8-10-23(21,22)12-13;/h13H,4-12H2,1-3H3,(H2,16,17,18);1H. The molecular weight excluding hydrogens is 443 g/mol. The molecule has 1 saturated heterocycles. The van der Waals surface area contributed by atoms with E-state index in [0.717, 1.165) is 19.6 Å². The lowest BCUT2D eigenvalue weighted by Crippen LogP contribution is -2.40. The quantitative estimate of drug-likeness (QED) is 0.309. The van der Waals surface area contributed by atoms with Crippen molar-refractivity contribution in [1.29, 1.82) is 0 Å². The van der Waals surface area contributed by atoms with E-state index in [4.69, 9.17) is 0 Å². The number of nitrogens with one attached hydrogen (secondary N) is 2. The summed E-state index contributed by atoms with van der Waals surface area (Å²) in [5, 5.41) is 6.26. The van der Waals surface area contributed by atoms with Gasteiger partial charge in [-0.25, -0.2) is 8.42 Å². The summed E-state index contributed by atoms with van der Waals surface area (Å²) in [5.41, 5.74) is 0. The number of sulfone groups is 1. The lowest BCUT2D eigenvalue weighted by Gasteiger charge is -2.19. The number of hydrogen-bond acceptors (Lipinski definition) is 4. The summed E-state index contributed by atoms with van der Waals surface area (Å²) in [6, 6.07) is 0. The minimum Gasteiger partial charge on any atom is -0.357 e. The molecule has 0 aliphatic carbocycles. The van der Waals surface area contributed by atoms with Gasteiger partial charge in [0, 0.05) is 39.1 Å². The van der Waals surface area contributed by atoms with Crippen molar-refractivity contribution in [2.75, 3.05) is 44.2 Å². The Morgan fingerprint density at radius 1 is 1.21 bits per heavy atom. The highest BCUT2D eigenvalue weighted by atomic mass is 127. The predicted molar refractivity (Wildman–Crippen MR) is 109 cm³/mol. The third-order valence-corrected chi connectivity index (χ3v) is 5.76. The van der Waals surface area contributed by atoms with Crippen LogP contribution in [0.15, 0.2) is 4.99 Å². The van der Waals surface area contributed by atoms with Crippen LogP contribution in [0.1, 0.15) is 33.6 Å². The zero-order valence-electron chi connectivity index (χ0n) is 14.9. The Bertz CT molecular complexity index is 507. The van der Waals surface area contributed by atoms with E-state index in [1.165, 1.54) is 0 Å². The lowest BCUT2D eigenvalue weighted by atomic mass is 10.1. The van der Waals surface area contributed by atoms with E-state index < -0.39 is 9.84 Å². The SMILES string of the molecule is CCNC(=NCC1CCS(=O)(=O)C1)NCCC(=O)N(CC)CC.I. The maximum absolute atomic E-state index is 11.9. The van der Waals surface area contributed by atoms with E-state index in [2.05, 4.69) is 15.6 Å². The summed E-state index contributed by atoms with van der Waals surface area (Å²) in [6.45, 7) is 9.09. The third kappa shape index (κ3) is 8.50. The highest BCUT2D eigenvalue weighted by molar-refractivity contribution is 14.0. The maximum atomic E-state index is 11.9. The Kier molecular flexibility index (Phi) is 11.6. The van der Waals surface area contributed by atoms with Crippen LogP contribution < -0.4 is 10.6 Å². The van der Waals surface area contributed by atoms with Crippen molar-refractivity contribution in [2.24, 2.45) is 10.9 Å². The average Bonchev–Trinajstić information content (AvgIpc) is 2.85. The number of carbonyl (C=O) groups is 1. The van der Waals surface area contributed by atoms with Gasteiger partial charge < -0.3 is 15.5 Å². The van der Waals surface area contributed by atoms with Crippen molar-refractivity contribution in [3.05, 3.63) is 0 Å². The Hall–Kier alpha value is -0.580. The molecule has 1 unspecified atom stereocenters. The Balaban J connectivity index is 0.00000529. The molecule has 2 N–H and O–H groups in total. The molecule has 1 atom stereocenters. The van der Waals surface area contributed by atoms with Crippen LogP contribution in [-0.2, 0) is 14.6 Å². The normalized spacial score (nSPS) is 19.5. The molecule has 0 aromatic rings. The van der Waals surface area contributed by atoms with Crippen LogP contribution in [0.3, 0.4) is 0 Å². The first-order chi connectivity index (χ1) is 10.9. The van der Waals surface area contributed by atoms with E-state index in [0.29, 0.717) is 31.9 Å². The van der Waals surface area contributed by atoms with Crippen LogP contribution in [0.4, 0.5) is 0 Å². The van der Waals surface area contributed by atoms with Gasteiger partial charge in [0.15, 0.2) is 15.8 Å². The van der Waals surface area contributed by atoms with E-state index in [1.54, 1.807) is 4.90 Å². The molecule has 9 heteroatoms. The van der Waals surface area contributed by atoms with Crippen molar-refractivity contribution < 1.29 is 13.2 Å². The van der Waals surface area contributed by atoms with Gasteiger partial charge in [0.25, 0.3) is 0 Å². The van der Waals surface area contributed by atoms with Gasteiger partial charge in [-0.05, 0) is 33.1 Å². The van der Waals surface area contributed by atoms with E-state index >= 15 is 0 Å². The van der Waals surface area contributed by atoms with E-state index in [9.17, 15) is 13.2 Å². The molecule has 0 aromatic heterocycles. The fourth-order valence-corrected chi connectivity index (χ4v) is 4.45. The average molecular weight is 474 g/mol. The molecule has 0 saturated carbocycles. The number of halogens is 1. The minimum atomic E-state index is -2.86. The van der Waals surface area contributed by atoms with Crippen molar-refractivity contribution >= 4 is 45.7 Å². The van der Waals surface area contributed by atoms with Gasteiger partial charge >= 0.3 is 0 Å². The number of nitrogens with zero attached hydrogens (tertiary/aromatic N) is 2. The second-order valence-electron chi connectivity index (χ2n) is 5.73. The molecule has 0 radical (unpaired) electrons. The fraction of sp³-hybridized carbons (Fsp3) is 0.867. The second kappa shape index (κ2) is 11.9. The number of aliphatic imine (C=N–C) groups is 1. The van der Waals surface area contributed by atoms with Crippen LogP contribution in [0.2, 0.25) is 0 Å².